The molecule has 2 nitrogen and oxygen atoms in total. The van der Waals surface area contributed by atoms with E-state index in [4.69, 9.17) is 0 Å². The average Bonchev–Trinajstić information content (AvgIpc) is 2.04. The van der Waals surface area contributed by atoms with E-state index in [2.05, 4.69) is 5.32 Å². The lowest BCUT2D eigenvalue weighted by Crippen LogP contribution is -2.43. The van der Waals surface area contributed by atoms with Gasteiger partial charge in [-0.1, -0.05) is 0 Å². The number of alkyl halides is 3. The van der Waals surface area contributed by atoms with Crippen LogP contribution in [-0.4, -0.2) is 28.3 Å². The van der Waals surface area contributed by atoms with Crippen molar-refractivity contribution in [2.75, 3.05) is 11.5 Å². The smallest absolute Gasteiger partial charge is 0.347 e. The molecule has 0 radical (unpaired) electrons. The van der Waals surface area contributed by atoms with Gasteiger partial charge in [0.05, 0.1) is 0 Å². The molecular weight excluding hydrogens is 264 g/mol. The van der Waals surface area contributed by atoms with Crippen molar-refractivity contribution in [3.8, 4) is 0 Å². The van der Waals surface area contributed by atoms with Gasteiger partial charge in [-0.3, -0.25) is 4.79 Å². The van der Waals surface area contributed by atoms with Crippen molar-refractivity contribution in [3.63, 3.8) is 0 Å². The molecule has 0 atom stereocenters. The Hall–Kier alpha value is 0.160. The second kappa shape index (κ2) is 4.59. The molecule has 1 rings (SSSR count). The number of halogens is 3. The van der Waals surface area contributed by atoms with Crippen molar-refractivity contribution in [1.29, 1.82) is 0 Å². The van der Waals surface area contributed by atoms with Crippen LogP contribution in [0, 0.1) is 0 Å². The second-order valence-electron chi connectivity index (χ2n) is 2.86. The molecule has 1 fully saturated rings. The summed E-state index contributed by atoms with van der Waals surface area (Å²) in [6.45, 7) is 0. The van der Waals surface area contributed by atoms with Crippen molar-refractivity contribution in [1.82, 2.24) is 5.32 Å². The first-order chi connectivity index (χ1) is 6.00. The molecule has 0 aromatic carbocycles. The van der Waals surface area contributed by atoms with E-state index < -0.39 is 10.7 Å². The third-order valence-corrected chi connectivity index (χ3v) is 3.22. The monoisotopic (exact) mass is 273 g/mol. The van der Waals surface area contributed by atoms with Gasteiger partial charge < -0.3 is 5.32 Å². The maximum absolute atomic E-state index is 12.4. The molecule has 0 aromatic rings. The van der Waals surface area contributed by atoms with Crippen LogP contribution in [0.4, 0.5) is 8.78 Å². The maximum Gasteiger partial charge on any atom is 0.377 e. The van der Waals surface area contributed by atoms with E-state index in [1.54, 1.807) is 11.8 Å². The van der Waals surface area contributed by atoms with E-state index >= 15 is 0 Å². The predicted octanol–water partition coefficient (Wildman–Crippen LogP) is 1.99. The van der Waals surface area contributed by atoms with Gasteiger partial charge in [-0.25, -0.2) is 0 Å². The van der Waals surface area contributed by atoms with Gasteiger partial charge in [0.25, 0.3) is 0 Å². The van der Waals surface area contributed by atoms with Crippen LogP contribution in [0.1, 0.15) is 12.8 Å². The van der Waals surface area contributed by atoms with Crippen LogP contribution in [0.3, 0.4) is 0 Å². The number of rotatable bonds is 2. The molecule has 1 saturated heterocycles. The molecule has 0 aromatic heterocycles. The van der Waals surface area contributed by atoms with Crippen molar-refractivity contribution >= 4 is 33.6 Å². The Morgan fingerprint density at radius 3 is 2.46 bits per heavy atom. The fraction of sp³-hybridized carbons (Fsp3) is 0.857. The summed E-state index contributed by atoms with van der Waals surface area (Å²) in [7, 11) is 0. The zero-order chi connectivity index (χ0) is 9.90. The zero-order valence-electron chi connectivity index (χ0n) is 6.86. The number of hydrogen-bond acceptors (Lipinski definition) is 2. The summed E-state index contributed by atoms with van der Waals surface area (Å²) in [4.78, 5) is 7.39. The Morgan fingerprint density at radius 1 is 1.46 bits per heavy atom. The summed E-state index contributed by atoms with van der Waals surface area (Å²) >= 11 is 3.80. The van der Waals surface area contributed by atoms with Gasteiger partial charge in [0.2, 0.25) is 0 Å². The molecule has 1 amide bonds. The highest BCUT2D eigenvalue weighted by Gasteiger charge is 2.36. The molecule has 1 aliphatic rings. The first-order valence-corrected chi connectivity index (χ1v) is 5.90. The summed E-state index contributed by atoms with van der Waals surface area (Å²) in [5.41, 5.74) is 0. The normalized spacial score (nSPS) is 19.9. The molecule has 0 saturated carbocycles. The lowest BCUT2D eigenvalue weighted by molar-refractivity contribution is -0.135. The van der Waals surface area contributed by atoms with E-state index in [0.717, 1.165) is 24.3 Å². The SMILES string of the molecule is O=C(NC1CCSCC1)C(F)(F)Br. The van der Waals surface area contributed by atoms with Crippen molar-refractivity contribution in [3.05, 3.63) is 0 Å². The van der Waals surface area contributed by atoms with Crippen LogP contribution in [0.15, 0.2) is 0 Å². The van der Waals surface area contributed by atoms with Crippen molar-refractivity contribution in [2.45, 2.75) is 23.7 Å². The van der Waals surface area contributed by atoms with E-state index in [1.807, 2.05) is 15.9 Å². The van der Waals surface area contributed by atoms with Crippen LogP contribution < -0.4 is 5.32 Å². The summed E-state index contributed by atoms with van der Waals surface area (Å²) < 4.78 is 24.7. The number of carbonyl (C=O) groups is 1. The predicted molar refractivity (Wildman–Crippen MR) is 52.4 cm³/mol. The molecule has 0 aliphatic carbocycles. The van der Waals surface area contributed by atoms with Gasteiger partial charge in [-0.15, -0.1) is 0 Å². The quantitative estimate of drug-likeness (QED) is 0.780. The maximum atomic E-state index is 12.4. The molecule has 13 heavy (non-hydrogen) atoms. The summed E-state index contributed by atoms with van der Waals surface area (Å²) in [5.74, 6) is 0.627. The number of thioether (sulfide) groups is 1. The van der Waals surface area contributed by atoms with E-state index in [0.29, 0.717) is 0 Å². The minimum atomic E-state index is -3.43. The summed E-state index contributed by atoms with van der Waals surface area (Å²) in [5, 5.41) is 2.31. The van der Waals surface area contributed by atoms with Crippen LogP contribution >= 0.6 is 27.7 Å². The highest BCUT2D eigenvalue weighted by atomic mass is 79.9. The molecule has 1 N–H and O–H groups in total. The topological polar surface area (TPSA) is 29.1 Å². The van der Waals surface area contributed by atoms with E-state index in [-0.39, 0.29) is 6.04 Å². The van der Waals surface area contributed by atoms with Gasteiger partial charge in [0, 0.05) is 22.0 Å². The van der Waals surface area contributed by atoms with Gasteiger partial charge in [0.15, 0.2) is 0 Å². The van der Waals surface area contributed by atoms with Gasteiger partial charge >= 0.3 is 10.7 Å². The third kappa shape index (κ3) is 3.81. The van der Waals surface area contributed by atoms with Crippen LogP contribution in [0.25, 0.3) is 0 Å². The lowest BCUT2D eigenvalue weighted by atomic mass is 10.1. The Labute approximate surface area is 88.0 Å². The number of hydrogen-bond donors (Lipinski definition) is 1. The molecule has 6 heteroatoms. The molecule has 1 heterocycles. The Kier molecular flexibility index (Phi) is 3.97. The molecule has 0 unspecified atom stereocenters. The number of carbonyl (C=O) groups excluding carboxylic acids is 1. The van der Waals surface area contributed by atoms with Gasteiger partial charge in [0.1, 0.15) is 0 Å². The molecular formula is C7H10BrF2NOS. The van der Waals surface area contributed by atoms with Crippen molar-refractivity contribution < 1.29 is 13.6 Å². The zero-order valence-corrected chi connectivity index (χ0v) is 9.26. The summed E-state index contributed by atoms with van der Waals surface area (Å²) in [6.07, 6.45) is 1.55. The Balaban J connectivity index is 2.35. The average molecular weight is 274 g/mol. The standard InChI is InChI=1S/C7H10BrF2NOS/c8-7(9,10)6(12)11-5-1-3-13-4-2-5/h5H,1-4H2,(H,11,12). The van der Waals surface area contributed by atoms with Crippen LogP contribution in [-0.2, 0) is 4.79 Å². The van der Waals surface area contributed by atoms with Crippen LogP contribution in [0.2, 0.25) is 0 Å². The minimum absolute atomic E-state index is 0.0859. The fourth-order valence-electron chi connectivity index (χ4n) is 1.11. The molecule has 1 aliphatic heterocycles. The highest BCUT2D eigenvalue weighted by molar-refractivity contribution is 9.10. The first kappa shape index (κ1) is 11.2. The van der Waals surface area contributed by atoms with Crippen molar-refractivity contribution in [2.24, 2.45) is 0 Å². The van der Waals surface area contributed by atoms with E-state index in [9.17, 15) is 13.6 Å². The van der Waals surface area contributed by atoms with Crippen LogP contribution in [0.5, 0.6) is 0 Å². The first-order valence-electron chi connectivity index (χ1n) is 3.95. The molecule has 0 spiro atoms. The molecule has 0 bridgehead atoms. The second-order valence-corrected chi connectivity index (χ2v) is 5.08. The highest BCUT2D eigenvalue weighted by Crippen LogP contribution is 2.23. The third-order valence-electron chi connectivity index (χ3n) is 1.81. The van der Waals surface area contributed by atoms with Gasteiger partial charge in [-0.2, -0.15) is 20.5 Å². The Bertz CT molecular complexity index is 191. The Morgan fingerprint density at radius 2 is 2.00 bits per heavy atom. The fourth-order valence-corrected chi connectivity index (χ4v) is 2.33. The lowest BCUT2D eigenvalue weighted by Gasteiger charge is -2.23. The number of nitrogens with one attached hydrogen (secondary N) is 1. The minimum Gasteiger partial charge on any atom is -0.347 e. The van der Waals surface area contributed by atoms with Gasteiger partial charge in [-0.05, 0) is 24.3 Å². The van der Waals surface area contributed by atoms with E-state index in [1.165, 1.54) is 0 Å². The summed E-state index contributed by atoms with van der Waals surface area (Å²) in [6, 6.07) is -0.0859. The largest absolute Gasteiger partial charge is 0.377 e. The molecule has 76 valence electrons. The number of amides is 1.